The monoisotopic (exact) mass is 248 g/mol. The molecular weight excluding hydrogens is 224 g/mol. The van der Waals surface area contributed by atoms with Crippen molar-refractivity contribution < 1.29 is 4.74 Å². The number of hydrogen-bond donors (Lipinski definition) is 2. The maximum Gasteiger partial charge on any atom is 0.123 e. The molecule has 0 spiro atoms. The van der Waals surface area contributed by atoms with Crippen molar-refractivity contribution in [3.63, 3.8) is 0 Å². The second-order valence-electron chi connectivity index (χ2n) is 5.89. The normalized spacial score (nSPS) is 22.8. The fourth-order valence-corrected chi connectivity index (χ4v) is 2.55. The van der Waals surface area contributed by atoms with Crippen LogP contribution in [-0.4, -0.2) is 25.7 Å². The highest BCUT2D eigenvalue weighted by Crippen LogP contribution is 2.30. The summed E-state index contributed by atoms with van der Waals surface area (Å²) in [6, 6.07) is 4.69. The lowest BCUT2D eigenvalue weighted by molar-refractivity contribution is 0.260. The van der Waals surface area contributed by atoms with E-state index in [2.05, 4.69) is 50.5 Å². The van der Waals surface area contributed by atoms with Crippen LogP contribution in [0, 0.1) is 13.8 Å². The summed E-state index contributed by atoms with van der Waals surface area (Å²) in [5.74, 6) is 0.982. The second-order valence-corrected chi connectivity index (χ2v) is 5.89. The number of ether oxygens (including phenoxy) is 1. The molecule has 3 nitrogen and oxygen atoms in total. The molecule has 0 radical (unpaired) electrons. The van der Waals surface area contributed by atoms with Crippen LogP contribution in [0.2, 0.25) is 0 Å². The number of piperazine rings is 1. The minimum absolute atomic E-state index is 0.118. The molecule has 1 aromatic rings. The van der Waals surface area contributed by atoms with Gasteiger partial charge in [0.15, 0.2) is 0 Å². The van der Waals surface area contributed by atoms with Gasteiger partial charge >= 0.3 is 0 Å². The summed E-state index contributed by atoms with van der Waals surface area (Å²) in [6.45, 7) is 10.7. The number of aryl methyl sites for hydroxylation is 2. The highest BCUT2D eigenvalue weighted by Gasteiger charge is 2.29. The predicted molar refractivity (Wildman–Crippen MR) is 75.3 cm³/mol. The molecule has 100 valence electrons. The van der Waals surface area contributed by atoms with Crippen LogP contribution in [0.5, 0.6) is 5.75 Å². The first-order valence-corrected chi connectivity index (χ1v) is 6.56. The summed E-state index contributed by atoms with van der Waals surface area (Å²) in [7, 11) is 1.75. The molecule has 1 fully saturated rings. The summed E-state index contributed by atoms with van der Waals surface area (Å²) in [6.07, 6.45) is 0. The maximum absolute atomic E-state index is 5.53. The van der Waals surface area contributed by atoms with Crippen LogP contribution in [0.25, 0.3) is 0 Å². The lowest BCUT2D eigenvalue weighted by atomic mass is 9.93. The van der Waals surface area contributed by atoms with E-state index in [-0.39, 0.29) is 5.54 Å². The molecule has 1 aliphatic heterocycles. The third-order valence-corrected chi connectivity index (χ3v) is 3.70. The van der Waals surface area contributed by atoms with Gasteiger partial charge in [-0.1, -0.05) is 6.07 Å². The van der Waals surface area contributed by atoms with E-state index in [1.54, 1.807) is 7.11 Å². The Morgan fingerprint density at radius 2 is 1.89 bits per heavy atom. The molecule has 1 heterocycles. The molecular formula is C15H24N2O. The second kappa shape index (κ2) is 4.90. The van der Waals surface area contributed by atoms with Crippen molar-refractivity contribution in [3.8, 4) is 5.75 Å². The fourth-order valence-electron chi connectivity index (χ4n) is 2.55. The van der Waals surface area contributed by atoms with Crippen LogP contribution in [0.1, 0.15) is 36.6 Å². The molecule has 3 heteroatoms. The lowest BCUT2D eigenvalue weighted by Gasteiger charge is -2.38. The number of rotatable bonds is 2. The van der Waals surface area contributed by atoms with Crippen LogP contribution >= 0.6 is 0 Å². The van der Waals surface area contributed by atoms with Gasteiger partial charge in [-0.2, -0.15) is 0 Å². The minimum atomic E-state index is 0.118. The lowest BCUT2D eigenvalue weighted by Crippen LogP contribution is -2.56. The first kappa shape index (κ1) is 13.4. The van der Waals surface area contributed by atoms with Crippen LogP contribution in [-0.2, 0) is 0 Å². The van der Waals surface area contributed by atoms with E-state index in [9.17, 15) is 0 Å². The maximum atomic E-state index is 5.53. The standard InChI is InChI=1S/C15H24N2O/c1-10-6-12(14(18-5)7-11(10)2)13-8-16-9-15(3,4)17-13/h6-7,13,16-17H,8-9H2,1-5H3. The smallest absolute Gasteiger partial charge is 0.123 e. The summed E-state index contributed by atoms with van der Waals surface area (Å²) < 4.78 is 5.53. The Kier molecular flexibility index (Phi) is 3.64. The van der Waals surface area contributed by atoms with Crippen molar-refractivity contribution in [2.75, 3.05) is 20.2 Å². The summed E-state index contributed by atoms with van der Waals surface area (Å²) in [4.78, 5) is 0. The van der Waals surface area contributed by atoms with Crippen molar-refractivity contribution in [1.82, 2.24) is 10.6 Å². The number of methoxy groups -OCH3 is 1. The first-order valence-electron chi connectivity index (χ1n) is 6.56. The van der Waals surface area contributed by atoms with Gasteiger partial charge in [-0.25, -0.2) is 0 Å². The summed E-state index contributed by atoms with van der Waals surface area (Å²) in [5, 5.41) is 7.18. The van der Waals surface area contributed by atoms with E-state index < -0.39 is 0 Å². The molecule has 1 unspecified atom stereocenters. The van der Waals surface area contributed by atoms with Crippen LogP contribution < -0.4 is 15.4 Å². The zero-order valence-corrected chi connectivity index (χ0v) is 12.1. The van der Waals surface area contributed by atoms with E-state index >= 15 is 0 Å². The molecule has 0 aromatic heterocycles. The highest BCUT2D eigenvalue weighted by atomic mass is 16.5. The predicted octanol–water partition coefficient (Wildman–Crippen LogP) is 2.32. The van der Waals surface area contributed by atoms with Gasteiger partial charge in [-0.05, 0) is 44.9 Å². The van der Waals surface area contributed by atoms with Crippen molar-refractivity contribution in [1.29, 1.82) is 0 Å². The van der Waals surface area contributed by atoms with Gasteiger partial charge in [0.1, 0.15) is 5.75 Å². The van der Waals surface area contributed by atoms with Crippen LogP contribution in [0.3, 0.4) is 0 Å². The van der Waals surface area contributed by atoms with Gasteiger partial charge in [-0.3, -0.25) is 0 Å². The van der Waals surface area contributed by atoms with Gasteiger partial charge < -0.3 is 15.4 Å². The van der Waals surface area contributed by atoms with Gasteiger partial charge in [-0.15, -0.1) is 0 Å². The Bertz CT molecular complexity index is 440. The summed E-state index contributed by atoms with van der Waals surface area (Å²) in [5.41, 5.74) is 3.96. The summed E-state index contributed by atoms with van der Waals surface area (Å²) >= 11 is 0. The third-order valence-electron chi connectivity index (χ3n) is 3.70. The molecule has 1 saturated heterocycles. The molecule has 1 aromatic carbocycles. The Hall–Kier alpha value is -1.06. The first-order chi connectivity index (χ1) is 8.43. The Labute approximate surface area is 110 Å². The molecule has 0 saturated carbocycles. The molecule has 0 bridgehead atoms. The third kappa shape index (κ3) is 2.68. The van der Waals surface area contributed by atoms with Gasteiger partial charge in [0.25, 0.3) is 0 Å². The highest BCUT2D eigenvalue weighted by molar-refractivity contribution is 5.44. The Balaban J connectivity index is 2.35. The van der Waals surface area contributed by atoms with Crippen molar-refractivity contribution in [3.05, 3.63) is 28.8 Å². The molecule has 0 amide bonds. The molecule has 1 atom stereocenters. The Morgan fingerprint density at radius 3 is 2.50 bits per heavy atom. The molecule has 18 heavy (non-hydrogen) atoms. The van der Waals surface area contributed by atoms with Gasteiger partial charge in [0, 0.05) is 30.2 Å². The van der Waals surface area contributed by atoms with E-state index in [0.717, 1.165) is 18.8 Å². The quantitative estimate of drug-likeness (QED) is 0.842. The largest absolute Gasteiger partial charge is 0.496 e. The Morgan fingerprint density at radius 1 is 1.22 bits per heavy atom. The van der Waals surface area contributed by atoms with Crippen molar-refractivity contribution in [2.45, 2.75) is 39.3 Å². The van der Waals surface area contributed by atoms with Gasteiger partial charge in [0.2, 0.25) is 0 Å². The average Bonchev–Trinajstić information content (AvgIpc) is 2.30. The number of benzene rings is 1. The zero-order valence-electron chi connectivity index (χ0n) is 12.1. The zero-order chi connectivity index (χ0) is 13.3. The number of hydrogen-bond acceptors (Lipinski definition) is 3. The number of nitrogens with one attached hydrogen (secondary N) is 2. The van der Waals surface area contributed by atoms with Crippen molar-refractivity contribution >= 4 is 0 Å². The average molecular weight is 248 g/mol. The fraction of sp³-hybridized carbons (Fsp3) is 0.600. The van der Waals surface area contributed by atoms with E-state index in [0.29, 0.717) is 6.04 Å². The van der Waals surface area contributed by atoms with E-state index in [1.807, 2.05) is 0 Å². The molecule has 0 aliphatic carbocycles. The molecule has 1 aliphatic rings. The SMILES string of the molecule is COc1cc(C)c(C)cc1C1CNCC(C)(C)N1. The minimum Gasteiger partial charge on any atom is -0.496 e. The van der Waals surface area contributed by atoms with Crippen LogP contribution in [0.4, 0.5) is 0 Å². The van der Waals surface area contributed by atoms with Gasteiger partial charge in [0.05, 0.1) is 7.11 Å². The van der Waals surface area contributed by atoms with E-state index in [1.165, 1.54) is 16.7 Å². The van der Waals surface area contributed by atoms with E-state index in [4.69, 9.17) is 4.74 Å². The van der Waals surface area contributed by atoms with Crippen LogP contribution in [0.15, 0.2) is 12.1 Å². The molecule has 2 rings (SSSR count). The van der Waals surface area contributed by atoms with Crippen molar-refractivity contribution in [2.24, 2.45) is 0 Å². The molecule has 2 N–H and O–H groups in total. The topological polar surface area (TPSA) is 33.3 Å².